The standard InChI is InChI=1S/C21H36O5/c1-7-14(6)18(23)17-19(24)15(10-8-12(2)3)21(26,20(17)25)16(22)11-9-13(4)5/h12-17,22,26H,7-11H2,1-6H3/t14?,15-,16+,17?,21+/m0/s1. The predicted molar refractivity (Wildman–Crippen MR) is 101 cm³/mol. The highest BCUT2D eigenvalue weighted by molar-refractivity contribution is 6.27. The van der Waals surface area contributed by atoms with Crippen molar-refractivity contribution in [3.05, 3.63) is 0 Å². The molecule has 1 saturated carbocycles. The molecule has 1 rings (SSSR count). The molecular formula is C21H36O5. The summed E-state index contributed by atoms with van der Waals surface area (Å²) in [5, 5.41) is 21.8. The van der Waals surface area contributed by atoms with E-state index in [9.17, 15) is 24.6 Å². The lowest BCUT2D eigenvalue weighted by Gasteiger charge is -2.33. The van der Waals surface area contributed by atoms with Gasteiger partial charge < -0.3 is 10.2 Å². The van der Waals surface area contributed by atoms with Crippen molar-refractivity contribution < 1.29 is 24.6 Å². The summed E-state index contributed by atoms with van der Waals surface area (Å²) in [5.41, 5.74) is -2.14. The molecular weight excluding hydrogens is 332 g/mol. The second kappa shape index (κ2) is 9.23. The first-order valence-corrected chi connectivity index (χ1v) is 10.0. The summed E-state index contributed by atoms with van der Waals surface area (Å²) in [5.74, 6) is -3.99. The summed E-state index contributed by atoms with van der Waals surface area (Å²) in [6, 6.07) is 0. The lowest BCUT2D eigenvalue weighted by Crippen LogP contribution is -2.53. The van der Waals surface area contributed by atoms with Crippen LogP contribution in [0.5, 0.6) is 0 Å². The largest absolute Gasteiger partial charge is 0.390 e. The second-order valence-electron chi connectivity index (χ2n) is 8.75. The number of carbonyl (C=O) groups excluding carboxylic acids is 3. The molecule has 0 radical (unpaired) electrons. The normalized spacial score (nSPS) is 28.8. The van der Waals surface area contributed by atoms with Crippen LogP contribution in [0, 0.1) is 29.6 Å². The molecule has 0 aromatic heterocycles. The van der Waals surface area contributed by atoms with Crippen molar-refractivity contribution >= 4 is 17.3 Å². The maximum absolute atomic E-state index is 13.0. The van der Waals surface area contributed by atoms with Crippen LogP contribution in [0.3, 0.4) is 0 Å². The molecule has 0 saturated heterocycles. The highest BCUT2D eigenvalue weighted by Gasteiger charge is 2.64. The summed E-state index contributed by atoms with van der Waals surface area (Å²) in [4.78, 5) is 38.5. The zero-order valence-electron chi connectivity index (χ0n) is 17.1. The number of hydrogen-bond donors (Lipinski definition) is 2. The van der Waals surface area contributed by atoms with Crippen molar-refractivity contribution in [3.63, 3.8) is 0 Å². The summed E-state index contributed by atoms with van der Waals surface area (Å²) in [6.07, 6.45) is 1.02. The molecule has 1 aliphatic rings. The molecule has 1 fully saturated rings. The molecule has 0 aromatic rings. The lowest BCUT2D eigenvalue weighted by atomic mass is 9.78. The molecule has 150 valence electrons. The Morgan fingerprint density at radius 1 is 1.04 bits per heavy atom. The maximum Gasteiger partial charge on any atom is 0.185 e. The zero-order chi connectivity index (χ0) is 20.2. The fourth-order valence-electron chi connectivity index (χ4n) is 3.68. The van der Waals surface area contributed by atoms with Crippen LogP contribution in [0.2, 0.25) is 0 Å². The van der Waals surface area contributed by atoms with Crippen LogP contribution >= 0.6 is 0 Å². The molecule has 2 unspecified atom stereocenters. The van der Waals surface area contributed by atoms with Crippen molar-refractivity contribution in [1.82, 2.24) is 0 Å². The van der Waals surface area contributed by atoms with Crippen LogP contribution in [-0.4, -0.2) is 39.3 Å². The summed E-state index contributed by atoms with van der Waals surface area (Å²) in [6.45, 7) is 11.5. The van der Waals surface area contributed by atoms with E-state index in [0.29, 0.717) is 37.5 Å². The molecule has 1 aliphatic carbocycles. The van der Waals surface area contributed by atoms with Gasteiger partial charge in [-0.2, -0.15) is 0 Å². The molecule has 5 nitrogen and oxygen atoms in total. The Kier molecular flexibility index (Phi) is 8.15. The van der Waals surface area contributed by atoms with Crippen LogP contribution in [0.4, 0.5) is 0 Å². The first-order valence-electron chi connectivity index (χ1n) is 10.0. The van der Waals surface area contributed by atoms with Crippen molar-refractivity contribution in [2.75, 3.05) is 0 Å². The Morgan fingerprint density at radius 3 is 2.04 bits per heavy atom. The molecule has 0 bridgehead atoms. The van der Waals surface area contributed by atoms with Gasteiger partial charge >= 0.3 is 0 Å². The highest BCUT2D eigenvalue weighted by atomic mass is 16.4. The zero-order valence-corrected chi connectivity index (χ0v) is 17.1. The van der Waals surface area contributed by atoms with Crippen molar-refractivity contribution in [3.8, 4) is 0 Å². The SMILES string of the molecule is CCC(C)C(=O)C1C(=O)[C@H](CCC(C)C)[C@@](O)([C@H](O)CCC(C)C)C1=O. The van der Waals surface area contributed by atoms with Gasteiger partial charge in [0.2, 0.25) is 0 Å². The van der Waals surface area contributed by atoms with Crippen molar-refractivity contribution in [1.29, 1.82) is 0 Å². The van der Waals surface area contributed by atoms with E-state index in [2.05, 4.69) is 0 Å². The Hall–Kier alpha value is -1.07. The van der Waals surface area contributed by atoms with Crippen molar-refractivity contribution in [2.24, 2.45) is 29.6 Å². The minimum absolute atomic E-state index is 0.232. The third kappa shape index (κ3) is 4.61. The van der Waals surface area contributed by atoms with Gasteiger partial charge in [0.15, 0.2) is 23.0 Å². The van der Waals surface area contributed by atoms with Gasteiger partial charge in [0.05, 0.1) is 12.0 Å². The van der Waals surface area contributed by atoms with Gasteiger partial charge in [0, 0.05) is 5.92 Å². The molecule has 2 N–H and O–H groups in total. The van der Waals surface area contributed by atoms with Crippen LogP contribution in [0.1, 0.15) is 73.6 Å². The lowest BCUT2D eigenvalue weighted by molar-refractivity contribution is -0.158. The van der Waals surface area contributed by atoms with E-state index >= 15 is 0 Å². The second-order valence-corrected chi connectivity index (χ2v) is 8.75. The van der Waals surface area contributed by atoms with Crippen LogP contribution in [0.25, 0.3) is 0 Å². The topological polar surface area (TPSA) is 91.7 Å². The van der Waals surface area contributed by atoms with E-state index in [0.717, 1.165) is 0 Å². The number of Topliss-reactive ketones (excluding diaryl/α,β-unsaturated/α-hetero) is 3. The fraction of sp³-hybridized carbons (Fsp3) is 0.857. The van der Waals surface area contributed by atoms with Crippen molar-refractivity contribution in [2.45, 2.75) is 85.4 Å². The van der Waals surface area contributed by atoms with Gasteiger partial charge in [-0.1, -0.05) is 48.0 Å². The average molecular weight is 369 g/mol. The molecule has 0 spiro atoms. The smallest absolute Gasteiger partial charge is 0.185 e. The molecule has 0 aliphatic heterocycles. The molecule has 0 heterocycles. The van der Waals surface area contributed by atoms with Crippen LogP contribution in [0.15, 0.2) is 0 Å². The van der Waals surface area contributed by atoms with Crippen LogP contribution in [-0.2, 0) is 14.4 Å². The van der Waals surface area contributed by atoms with E-state index in [1.165, 1.54) is 0 Å². The fourth-order valence-corrected chi connectivity index (χ4v) is 3.68. The summed E-state index contributed by atoms with van der Waals surface area (Å²) in [7, 11) is 0. The number of aliphatic hydroxyl groups is 2. The predicted octanol–water partition coefficient (Wildman–Crippen LogP) is 2.95. The van der Waals surface area contributed by atoms with Gasteiger partial charge in [-0.05, 0) is 37.5 Å². The Morgan fingerprint density at radius 2 is 1.58 bits per heavy atom. The minimum atomic E-state index is -2.14. The van der Waals surface area contributed by atoms with E-state index in [-0.39, 0.29) is 6.42 Å². The summed E-state index contributed by atoms with van der Waals surface area (Å²) >= 11 is 0. The van der Waals surface area contributed by atoms with E-state index in [1.807, 2.05) is 34.6 Å². The average Bonchev–Trinajstić information content (AvgIpc) is 2.76. The van der Waals surface area contributed by atoms with Gasteiger partial charge in [0.1, 0.15) is 5.92 Å². The molecule has 5 atom stereocenters. The molecule has 26 heavy (non-hydrogen) atoms. The minimum Gasteiger partial charge on any atom is -0.390 e. The van der Waals surface area contributed by atoms with Gasteiger partial charge in [0.25, 0.3) is 0 Å². The van der Waals surface area contributed by atoms with E-state index < -0.39 is 46.8 Å². The van der Waals surface area contributed by atoms with E-state index in [1.54, 1.807) is 6.92 Å². The Bertz CT molecular complexity index is 524. The first kappa shape index (κ1) is 23.0. The third-order valence-electron chi connectivity index (χ3n) is 5.76. The molecule has 0 aromatic carbocycles. The maximum atomic E-state index is 13.0. The van der Waals surface area contributed by atoms with Gasteiger partial charge in [-0.15, -0.1) is 0 Å². The molecule has 0 amide bonds. The number of rotatable bonds is 10. The van der Waals surface area contributed by atoms with Gasteiger partial charge in [-0.25, -0.2) is 0 Å². The monoisotopic (exact) mass is 368 g/mol. The summed E-state index contributed by atoms with van der Waals surface area (Å²) < 4.78 is 0. The van der Waals surface area contributed by atoms with Gasteiger partial charge in [-0.3, -0.25) is 14.4 Å². The molecule has 5 heteroatoms. The number of hydrogen-bond acceptors (Lipinski definition) is 5. The number of carbonyl (C=O) groups is 3. The highest BCUT2D eigenvalue weighted by Crippen LogP contribution is 2.42. The number of ketones is 3. The first-order chi connectivity index (χ1) is 12.0. The Labute approximate surface area is 157 Å². The number of aliphatic hydroxyl groups excluding tert-OH is 1. The van der Waals surface area contributed by atoms with Crippen LogP contribution < -0.4 is 0 Å². The van der Waals surface area contributed by atoms with E-state index in [4.69, 9.17) is 0 Å². The third-order valence-corrected chi connectivity index (χ3v) is 5.76. The Balaban J connectivity index is 3.21. The quantitative estimate of drug-likeness (QED) is 0.579.